The van der Waals surface area contributed by atoms with E-state index in [2.05, 4.69) is 200 Å². The van der Waals surface area contributed by atoms with Gasteiger partial charge in [0, 0.05) is 25.0 Å². The molecule has 0 atom stereocenters. The minimum absolute atomic E-state index is 1.17. The molecule has 0 saturated heterocycles. The number of benzene rings is 5. The molecule has 5 aromatic carbocycles. The lowest BCUT2D eigenvalue weighted by molar-refractivity contribution is -0.592. The summed E-state index contributed by atoms with van der Waals surface area (Å²) in [6.45, 7) is 31.2. The maximum absolute atomic E-state index is 2.47. The van der Waals surface area contributed by atoms with Crippen LogP contribution in [0.1, 0.15) is 78.4 Å². The Bertz CT molecular complexity index is 2350. The lowest BCUT2D eigenvalue weighted by atomic mass is 10.0. The van der Waals surface area contributed by atoms with E-state index in [4.69, 9.17) is 0 Å². The zero-order valence-corrected chi connectivity index (χ0v) is 34.9. The predicted molar refractivity (Wildman–Crippen MR) is 225 cm³/mol. The Labute approximate surface area is 323 Å². The van der Waals surface area contributed by atoms with Gasteiger partial charge in [0.1, 0.15) is 35.1 Å². The van der Waals surface area contributed by atoms with Gasteiger partial charge in [-0.2, -0.15) is 18.3 Å². The van der Waals surface area contributed by atoms with Crippen molar-refractivity contribution in [1.82, 2.24) is 9.13 Å². The molecule has 274 valence electrons. The van der Waals surface area contributed by atoms with Crippen molar-refractivity contribution < 1.29 is 9.13 Å². The van der Waals surface area contributed by atoms with Gasteiger partial charge in [0.05, 0.1) is 0 Å². The summed E-state index contributed by atoms with van der Waals surface area (Å²) in [4.78, 5) is 0. The molecule has 2 aromatic heterocycles. The zero-order valence-electron chi connectivity index (χ0n) is 34.9. The Balaban J connectivity index is 1.46. The minimum Gasteiger partial charge on any atom is -0.198 e. The van der Waals surface area contributed by atoms with Crippen molar-refractivity contribution in [3.05, 3.63) is 164 Å². The Morgan fingerprint density at radius 2 is 0.574 bits per heavy atom. The van der Waals surface area contributed by atoms with Crippen LogP contribution in [-0.2, 0) is 0 Å². The summed E-state index contributed by atoms with van der Waals surface area (Å²) in [5.41, 5.74) is 25.1. The number of aromatic nitrogens is 4. The molecule has 0 bridgehead atoms. The Kier molecular flexibility index (Phi) is 9.38. The van der Waals surface area contributed by atoms with Crippen LogP contribution in [0.3, 0.4) is 0 Å². The minimum atomic E-state index is 1.17. The predicted octanol–water partition coefficient (Wildman–Crippen LogP) is 11.5. The summed E-state index contributed by atoms with van der Waals surface area (Å²) in [6, 6.07) is 27.7. The van der Waals surface area contributed by atoms with Crippen molar-refractivity contribution in [1.29, 1.82) is 0 Å². The van der Waals surface area contributed by atoms with E-state index in [9.17, 15) is 0 Å². The SMILES string of the molecule is Cc1cc(C)c(-n2cc(-c3ccc(-c4cn(-c5c(C)cc(C)cc5C)c(C)[n+]4-c4c(C)cc(C)cc4C)cc3)[n+](-c3c(C)cc(C)cc3C)c2C)c(C)c1. The number of hydrogen-bond acceptors (Lipinski definition) is 0. The average molecular weight is 713 g/mol. The Hall–Kier alpha value is -5.48. The fourth-order valence-corrected chi connectivity index (χ4v) is 9.50. The highest BCUT2D eigenvalue weighted by Crippen LogP contribution is 2.32. The third kappa shape index (κ3) is 6.22. The third-order valence-electron chi connectivity index (χ3n) is 11.3. The molecule has 4 nitrogen and oxygen atoms in total. The van der Waals surface area contributed by atoms with E-state index in [1.807, 2.05) is 0 Å². The van der Waals surface area contributed by atoms with Gasteiger partial charge in [-0.1, -0.05) is 70.8 Å². The van der Waals surface area contributed by atoms with E-state index < -0.39 is 0 Å². The summed E-state index contributed by atoms with van der Waals surface area (Å²) in [6.07, 6.45) is 4.69. The molecule has 0 fully saturated rings. The molecule has 0 aliphatic heterocycles. The van der Waals surface area contributed by atoms with Crippen LogP contribution in [0, 0.1) is 96.9 Å². The highest BCUT2D eigenvalue weighted by Gasteiger charge is 2.31. The lowest BCUT2D eigenvalue weighted by Crippen LogP contribution is -2.37. The van der Waals surface area contributed by atoms with Gasteiger partial charge in [0.15, 0.2) is 11.4 Å². The molecule has 0 aliphatic carbocycles. The fraction of sp³-hybridized carbons (Fsp3) is 0.280. The van der Waals surface area contributed by atoms with E-state index in [0.717, 1.165) is 0 Å². The molecule has 7 aromatic rings. The van der Waals surface area contributed by atoms with Crippen LogP contribution in [-0.4, -0.2) is 9.13 Å². The van der Waals surface area contributed by atoms with Crippen LogP contribution in [0.5, 0.6) is 0 Å². The Morgan fingerprint density at radius 3 is 0.833 bits per heavy atom. The van der Waals surface area contributed by atoms with Crippen molar-refractivity contribution in [3.63, 3.8) is 0 Å². The first kappa shape index (κ1) is 36.9. The molecule has 2 heterocycles. The molecule has 0 amide bonds. The van der Waals surface area contributed by atoms with Crippen molar-refractivity contribution in [2.45, 2.75) is 96.9 Å². The number of imidazole rings is 2. The maximum Gasteiger partial charge on any atom is 0.264 e. The summed E-state index contributed by atoms with van der Waals surface area (Å²) in [7, 11) is 0. The first-order chi connectivity index (χ1) is 25.5. The van der Waals surface area contributed by atoms with Crippen LogP contribution in [0.2, 0.25) is 0 Å². The van der Waals surface area contributed by atoms with Gasteiger partial charge >= 0.3 is 0 Å². The number of rotatable bonds is 6. The molecule has 0 radical (unpaired) electrons. The first-order valence-corrected chi connectivity index (χ1v) is 19.3. The second-order valence-corrected chi connectivity index (χ2v) is 16.1. The van der Waals surface area contributed by atoms with Gasteiger partial charge in [-0.3, -0.25) is 0 Å². The highest BCUT2D eigenvalue weighted by molar-refractivity contribution is 5.67. The van der Waals surface area contributed by atoms with Gasteiger partial charge in [-0.25, -0.2) is 0 Å². The quantitative estimate of drug-likeness (QED) is 0.153. The number of hydrogen-bond donors (Lipinski definition) is 0. The molecular weight excluding hydrogens is 657 g/mol. The van der Waals surface area contributed by atoms with Crippen molar-refractivity contribution >= 4 is 0 Å². The van der Waals surface area contributed by atoms with Crippen LogP contribution >= 0.6 is 0 Å². The molecule has 0 N–H and O–H groups in total. The van der Waals surface area contributed by atoms with Crippen molar-refractivity contribution in [2.75, 3.05) is 0 Å². The van der Waals surface area contributed by atoms with Crippen LogP contribution in [0.15, 0.2) is 85.2 Å². The summed E-state index contributed by atoms with van der Waals surface area (Å²) in [5.74, 6) is 2.36. The number of aryl methyl sites for hydroxylation is 12. The molecule has 7 rings (SSSR count). The van der Waals surface area contributed by atoms with Crippen molar-refractivity contribution in [2.24, 2.45) is 0 Å². The molecule has 54 heavy (non-hydrogen) atoms. The fourth-order valence-electron chi connectivity index (χ4n) is 9.50. The molecule has 0 spiro atoms. The monoisotopic (exact) mass is 712 g/mol. The standard InChI is InChI=1S/C50H56N4/c1-29-19-33(5)47(34(6)20-29)51-27-45(53(41(51)13)49-37(9)23-31(3)24-38(49)10)43-15-17-44(18-16-43)46-28-52(48-35(7)21-30(2)22-36(48)8)42(14)54(46)50-39(11)25-32(4)26-40(50)12/h15-28H,1-14H3/q+2. The lowest BCUT2D eigenvalue weighted by Gasteiger charge is -2.13. The molecule has 4 heteroatoms. The van der Waals surface area contributed by atoms with E-state index in [-0.39, 0.29) is 0 Å². The first-order valence-electron chi connectivity index (χ1n) is 19.3. The zero-order chi connectivity index (χ0) is 38.9. The highest BCUT2D eigenvalue weighted by atomic mass is 15.2. The van der Waals surface area contributed by atoms with Crippen molar-refractivity contribution in [3.8, 4) is 45.3 Å². The summed E-state index contributed by atoms with van der Waals surface area (Å²) < 4.78 is 9.75. The topological polar surface area (TPSA) is 17.6 Å². The normalized spacial score (nSPS) is 11.5. The van der Waals surface area contributed by atoms with Crippen LogP contribution in [0.25, 0.3) is 45.3 Å². The summed E-state index contributed by atoms with van der Waals surface area (Å²) in [5, 5.41) is 0. The van der Waals surface area contributed by atoms with Crippen LogP contribution in [0.4, 0.5) is 0 Å². The van der Waals surface area contributed by atoms with E-state index >= 15 is 0 Å². The van der Waals surface area contributed by atoms with Crippen LogP contribution < -0.4 is 9.13 Å². The van der Waals surface area contributed by atoms with E-state index in [0.29, 0.717) is 0 Å². The smallest absolute Gasteiger partial charge is 0.198 e. The summed E-state index contributed by atoms with van der Waals surface area (Å²) >= 11 is 0. The van der Waals surface area contributed by atoms with Gasteiger partial charge < -0.3 is 0 Å². The molecule has 0 unspecified atom stereocenters. The Morgan fingerprint density at radius 1 is 0.333 bits per heavy atom. The van der Waals surface area contributed by atoms with E-state index in [1.165, 1.54) is 124 Å². The van der Waals surface area contributed by atoms with E-state index in [1.54, 1.807) is 0 Å². The third-order valence-corrected chi connectivity index (χ3v) is 11.3. The van der Waals surface area contributed by atoms with Gasteiger partial charge in [0.25, 0.3) is 11.6 Å². The molecular formula is C50H56N4+2. The maximum atomic E-state index is 2.47. The largest absolute Gasteiger partial charge is 0.264 e. The second-order valence-electron chi connectivity index (χ2n) is 16.1. The van der Waals surface area contributed by atoms with Gasteiger partial charge in [0.2, 0.25) is 0 Å². The average Bonchev–Trinajstić information content (AvgIpc) is 3.56. The number of nitrogens with zero attached hydrogens (tertiary/aromatic N) is 4. The second kappa shape index (κ2) is 13.7. The molecule has 0 aliphatic rings. The van der Waals surface area contributed by atoms with Gasteiger partial charge in [-0.15, -0.1) is 0 Å². The molecule has 0 saturated carbocycles. The van der Waals surface area contributed by atoms with Gasteiger partial charge in [-0.05, 0) is 152 Å².